The fraction of sp³-hybridized carbons (Fsp3) is 0.333. The lowest BCUT2D eigenvalue weighted by Gasteiger charge is -2.24. The minimum absolute atomic E-state index is 0.255. The molecule has 0 saturated heterocycles. The second-order valence-corrected chi connectivity index (χ2v) is 5.56. The van der Waals surface area contributed by atoms with Gasteiger partial charge in [0.2, 0.25) is 0 Å². The van der Waals surface area contributed by atoms with Gasteiger partial charge in [-0.1, -0.05) is 6.07 Å². The van der Waals surface area contributed by atoms with Crippen LogP contribution < -0.4 is 15.2 Å². The lowest BCUT2D eigenvalue weighted by atomic mass is 9.90. The standard InChI is InChI=1S/C15H16BrNO4/c16-15-10(3-4-21-15)14(18)11(8-17)9-1-2-12-13(7-9)20-6-5-19-12/h1-4,7,11,14,18H,5-6,8,17H2. The summed E-state index contributed by atoms with van der Waals surface area (Å²) in [6, 6.07) is 7.37. The zero-order valence-corrected chi connectivity index (χ0v) is 12.9. The summed E-state index contributed by atoms with van der Waals surface area (Å²) in [5.41, 5.74) is 7.45. The molecule has 2 heterocycles. The first kappa shape index (κ1) is 14.4. The maximum Gasteiger partial charge on any atom is 0.174 e. The zero-order valence-electron chi connectivity index (χ0n) is 11.3. The Bertz CT molecular complexity index is 628. The molecule has 3 N–H and O–H groups in total. The van der Waals surface area contributed by atoms with Gasteiger partial charge in [0.1, 0.15) is 13.2 Å². The van der Waals surface area contributed by atoms with Gasteiger partial charge in [0.05, 0.1) is 12.4 Å². The number of aliphatic hydroxyl groups is 1. The van der Waals surface area contributed by atoms with Crippen molar-refractivity contribution in [2.75, 3.05) is 19.8 Å². The molecule has 1 aliphatic heterocycles. The van der Waals surface area contributed by atoms with Gasteiger partial charge in [0, 0.05) is 18.0 Å². The molecule has 0 saturated carbocycles. The highest BCUT2D eigenvalue weighted by Gasteiger charge is 2.26. The molecule has 0 bridgehead atoms. The third-order valence-electron chi connectivity index (χ3n) is 3.59. The van der Waals surface area contributed by atoms with Gasteiger partial charge in [-0.3, -0.25) is 0 Å². The minimum atomic E-state index is -0.759. The summed E-state index contributed by atoms with van der Waals surface area (Å²) < 4.78 is 16.8. The quantitative estimate of drug-likeness (QED) is 0.883. The van der Waals surface area contributed by atoms with Crippen LogP contribution in [0.1, 0.15) is 23.1 Å². The van der Waals surface area contributed by atoms with Gasteiger partial charge in [-0.05, 0) is 39.7 Å². The first-order valence-corrected chi connectivity index (χ1v) is 7.50. The van der Waals surface area contributed by atoms with Crippen LogP contribution in [0.2, 0.25) is 0 Å². The summed E-state index contributed by atoms with van der Waals surface area (Å²) in [5, 5.41) is 10.6. The minimum Gasteiger partial charge on any atom is -0.486 e. The number of halogens is 1. The predicted octanol–water partition coefficient (Wildman–Crippen LogP) is 2.59. The van der Waals surface area contributed by atoms with Crippen molar-refractivity contribution < 1.29 is 19.0 Å². The van der Waals surface area contributed by atoms with Crippen LogP contribution in [0.25, 0.3) is 0 Å². The van der Waals surface area contributed by atoms with Gasteiger partial charge in [-0.2, -0.15) is 0 Å². The van der Waals surface area contributed by atoms with Crippen LogP contribution in [0.15, 0.2) is 39.6 Å². The number of rotatable bonds is 4. The Hall–Kier alpha value is -1.50. The van der Waals surface area contributed by atoms with Gasteiger partial charge >= 0.3 is 0 Å². The Morgan fingerprint density at radius 1 is 1.19 bits per heavy atom. The van der Waals surface area contributed by atoms with E-state index in [-0.39, 0.29) is 5.92 Å². The van der Waals surface area contributed by atoms with Crippen LogP contribution in [-0.4, -0.2) is 24.9 Å². The zero-order chi connectivity index (χ0) is 14.8. The molecule has 1 aromatic carbocycles. The van der Waals surface area contributed by atoms with Crippen LogP contribution in [0.3, 0.4) is 0 Å². The molecule has 1 aromatic heterocycles. The molecule has 3 rings (SSSR count). The first-order valence-electron chi connectivity index (χ1n) is 6.71. The highest BCUT2D eigenvalue weighted by Crippen LogP contribution is 2.38. The molecule has 0 spiro atoms. The largest absolute Gasteiger partial charge is 0.486 e. The van der Waals surface area contributed by atoms with Gasteiger partial charge in [0.15, 0.2) is 16.2 Å². The highest BCUT2D eigenvalue weighted by atomic mass is 79.9. The molecule has 112 valence electrons. The van der Waals surface area contributed by atoms with Crippen molar-refractivity contribution in [1.82, 2.24) is 0 Å². The molecular formula is C15H16BrNO4. The average molecular weight is 354 g/mol. The summed E-state index contributed by atoms with van der Waals surface area (Å²) in [7, 11) is 0. The van der Waals surface area contributed by atoms with E-state index in [1.54, 1.807) is 6.07 Å². The molecule has 5 nitrogen and oxygen atoms in total. The van der Waals surface area contributed by atoms with Gasteiger partial charge in [-0.15, -0.1) is 0 Å². The molecule has 0 amide bonds. The number of ether oxygens (including phenoxy) is 2. The van der Waals surface area contributed by atoms with Crippen molar-refractivity contribution in [1.29, 1.82) is 0 Å². The van der Waals surface area contributed by atoms with Crippen LogP contribution in [0, 0.1) is 0 Å². The Balaban J connectivity index is 1.91. The van der Waals surface area contributed by atoms with Crippen molar-refractivity contribution in [2.24, 2.45) is 5.73 Å². The Labute approximate surface area is 130 Å². The summed E-state index contributed by atoms with van der Waals surface area (Å²) in [6.07, 6.45) is 0.769. The van der Waals surface area contributed by atoms with E-state index in [0.29, 0.717) is 35.7 Å². The molecule has 2 unspecified atom stereocenters. The Morgan fingerprint density at radius 3 is 2.62 bits per heavy atom. The maximum absolute atomic E-state index is 10.6. The second-order valence-electron chi connectivity index (χ2n) is 4.84. The Morgan fingerprint density at radius 2 is 1.95 bits per heavy atom. The van der Waals surface area contributed by atoms with Crippen molar-refractivity contribution >= 4 is 15.9 Å². The number of nitrogens with two attached hydrogens (primary N) is 1. The number of hydrogen-bond acceptors (Lipinski definition) is 5. The molecule has 6 heteroatoms. The van der Waals surface area contributed by atoms with E-state index in [1.807, 2.05) is 18.2 Å². The smallest absolute Gasteiger partial charge is 0.174 e. The highest BCUT2D eigenvalue weighted by molar-refractivity contribution is 9.10. The lowest BCUT2D eigenvalue weighted by molar-refractivity contribution is 0.144. The number of furan rings is 1. The van der Waals surface area contributed by atoms with E-state index in [2.05, 4.69) is 15.9 Å². The maximum atomic E-state index is 10.6. The van der Waals surface area contributed by atoms with Gasteiger partial charge in [0.25, 0.3) is 0 Å². The monoisotopic (exact) mass is 353 g/mol. The molecule has 2 atom stereocenters. The van der Waals surface area contributed by atoms with E-state index in [1.165, 1.54) is 6.26 Å². The molecule has 21 heavy (non-hydrogen) atoms. The normalized spacial score (nSPS) is 16.5. The molecule has 1 aliphatic rings. The number of aliphatic hydroxyl groups excluding tert-OH is 1. The summed E-state index contributed by atoms with van der Waals surface area (Å²) in [5.74, 6) is 1.16. The number of fused-ring (bicyclic) bond motifs is 1. The third kappa shape index (κ3) is 2.79. The Kier molecular flexibility index (Phi) is 4.19. The molecule has 0 aliphatic carbocycles. The van der Waals surface area contributed by atoms with Crippen LogP contribution in [0.4, 0.5) is 0 Å². The summed E-state index contributed by atoms with van der Waals surface area (Å²) >= 11 is 3.28. The van der Waals surface area contributed by atoms with Crippen LogP contribution in [-0.2, 0) is 0 Å². The fourth-order valence-corrected chi connectivity index (χ4v) is 2.94. The van der Waals surface area contributed by atoms with Crippen molar-refractivity contribution in [3.63, 3.8) is 0 Å². The average Bonchev–Trinajstić information content (AvgIpc) is 2.94. The number of benzene rings is 1. The topological polar surface area (TPSA) is 77.9 Å². The first-order chi connectivity index (χ1) is 10.2. The van der Waals surface area contributed by atoms with Crippen LogP contribution >= 0.6 is 15.9 Å². The SMILES string of the molecule is NCC(c1ccc2c(c1)OCCO2)C(O)c1ccoc1Br. The molecule has 0 radical (unpaired) electrons. The predicted molar refractivity (Wildman–Crippen MR) is 80.6 cm³/mol. The van der Waals surface area contributed by atoms with Gasteiger partial charge < -0.3 is 24.7 Å². The van der Waals surface area contributed by atoms with E-state index in [9.17, 15) is 5.11 Å². The second kappa shape index (κ2) is 6.09. The van der Waals surface area contributed by atoms with E-state index >= 15 is 0 Å². The summed E-state index contributed by atoms with van der Waals surface area (Å²) in [4.78, 5) is 0. The van der Waals surface area contributed by atoms with Gasteiger partial charge in [-0.25, -0.2) is 0 Å². The van der Waals surface area contributed by atoms with E-state index in [4.69, 9.17) is 19.6 Å². The van der Waals surface area contributed by atoms with Crippen LogP contribution in [0.5, 0.6) is 11.5 Å². The molecular weight excluding hydrogens is 338 g/mol. The molecule has 2 aromatic rings. The van der Waals surface area contributed by atoms with Crippen molar-refractivity contribution in [3.8, 4) is 11.5 Å². The van der Waals surface area contributed by atoms with E-state index in [0.717, 1.165) is 11.3 Å². The lowest BCUT2D eigenvalue weighted by Crippen LogP contribution is -2.21. The third-order valence-corrected chi connectivity index (χ3v) is 4.24. The van der Waals surface area contributed by atoms with Crippen molar-refractivity contribution in [3.05, 3.63) is 46.3 Å². The summed E-state index contributed by atoms with van der Waals surface area (Å²) in [6.45, 7) is 1.38. The molecule has 0 fully saturated rings. The van der Waals surface area contributed by atoms with E-state index < -0.39 is 6.10 Å². The number of hydrogen-bond donors (Lipinski definition) is 2. The van der Waals surface area contributed by atoms with Crippen molar-refractivity contribution in [2.45, 2.75) is 12.0 Å². The fourth-order valence-electron chi connectivity index (χ4n) is 2.47.